The third kappa shape index (κ3) is 3.49. The number of nitrogens with one attached hydrogen (secondary N) is 1. The van der Waals surface area contributed by atoms with Crippen LogP contribution in [0.4, 0.5) is 5.82 Å². The Hall–Kier alpha value is -2.28. The van der Waals surface area contributed by atoms with Crippen LogP contribution in [0, 0.1) is 0 Å². The van der Waals surface area contributed by atoms with Crippen LogP contribution in [0.25, 0.3) is 0 Å². The number of aromatic nitrogens is 2. The van der Waals surface area contributed by atoms with Crippen molar-refractivity contribution >= 4 is 23.5 Å². The molecule has 138 valence electrons. The third-order valence-electron chi connectivity index (χ3n) is 4.33. The fourth-order valence-corrected chi connectivity index (χ4v) is 4.00. The van der Waals surface area contributed by atoms with Crippen molar-refractivity contribution < 1.29 is 9.53 Å². The zero-order chi connectivity index (χ0) is 18.7. The summed E-state index contributed by atoms with van der Waals surface area (Å²) in [5, 5.41) is 3.49. The highest BCUT2D eigenvalue weighted by atomic mass is 32.2. The molecule has 7 heteroatoms. The molecule has 0 aliphatic carbocycles. The van der Waals surface area contributed by atoms with Crippen molar-refractivity contribution in [3.05, 3.63) is 45.7 Å². The van der Waals surface area contributed by atoms with Gasteiger partial charge in [0.25, 0.3) is 5.56 Å². The van der Waals surface area contributed by atoms with Crippen molar-refractivity contribution in [1.82, 2.24) is 9.55 Å². The second kappa shape index (κ2) is 7.95. The Labute approximate surface area is 157 Å². The largest absolute Gasteiger partial charge is 0.494 e. The Morgan fingerprint density at radius 3 is 2.81 bits per heavy atom. The number of benzene rings is 1. The molecule has 0 radical (unpaired) electrons. The van der Waals surface area contributed by atoms with Crippen LogP contribution in [0.5, 0.6) is 5.75 Å². The molecule has 26 heavy (non-hydrogen) atoms. The van der Waals surface area contributed by atoms with E-state index in [-0.39, 0.29) is 23.8 Å². The molecule has 6 nitrogen and oxygen atoms in total. The number of nitrogens with zero attached hydrogens (tertiary/aromatic N) is 2. The molecule has 1 amide bonds. The molecule has 3 rings (SSSR count). The molecule has 0 bridgehead atoms. The first kappa shape index (κ1) is 18.5. The molecule has 1 aliphatic heterocycles. The Morgan fingerprint density at radius 1 is 1.31 bits per heavy atom. The summed E-state index contributed by atoms with van der Waals surface area (Å²) in [5.74, 6) is 1.63. The number of anilines is 1. The van der Waals surface area contributed by atoms with Gasteiger partial charge in [-0.2, -0.15) is 4.98 Å². The van der Waals surface area contributed by atoms with E-state index in [9.17, 15) is 9.59 Å². The van der Waals surface area contributed by atoms with Crippen LogP contribution in [0.1, 0.15) is 43.7 Å². The molecular formula is C19H23N3O3S. The SMILES string of the molecule is CCCSc1nc(=O)c2c(n1C)NC(=O)C[C@H]2c1ccccc1OCC. The molecule has 0 fully saturated rings. The average molecular weight is 373 g/mol. The fraction of sp³-hybridized carbons (Fsp3) is 0.421. The first-order valence-corrected chi connectivity index (χ1v) is 9.80. The Balaban J connectivity index is 2.15. The molecule has 0 saturated heterocycles. The monoisotopic (exact) mass is 373 g/mol. The van der Waals surface area contributed by atoms with E-state index in [1.807, 2.05) is 42.8 Å². The normalized spacial score (nSPS) is 16.1. The quantitative estimate of drug-likeness (QED) is 0.622. The summed E-state index contributed by atoms with van der Waals surface area (Å²) in [5.41, 5.74) is 1.09. The van der Waals surface area contributed by atoms with Crippen LogP contribution >= 0.6 is 11.8 Å². The van der Waals surface area contributed by atoms with Crippen molar-refractivity contribution in [2.75, 3.05) is 17.7 Å². The number of fused-ring (bicyclic) bond motifs is 1. The summed E-state index contributed by atoms with van der Waals surface area (Å²) in [6, 6.07) is 7.57. The minimum Gasteiger partial charge on any atom is -0.494 e. The smallest absolute Gasteiger partial charge is 0.279 e. The summed E-state index contributed by atoms with van der Waals surface area (Å²) in [4.78, 5) is 29.5. The summed E-state index contributed by atoms with van der Waals surface area (Å²) >= 11 is 1.52. The number of thioether (sulfide) groups is 1. The van der Waals surface area contributed by atoms with E-state index in [1.54, 1.807) is 0 Å². The van der Waals surface area contributed by atoms with Gasteiger partial charge in [-0.3, -0.25) is 9.59 Å². The minimum atomic E-state index is -0.363. The number of ether oxygens (including phenoxy) is 1. The zero-order valence-electron chi connectivity index (χ0n) is 15.2. The van der Waals surface area contributed by atoms with E-state index in [1.165, 1.54) is 11.8 Å². The fourth-order valence-electron chi connectivity index (χ4n) is 3.18. The van der Waals surface area contributed by atoms with Gasteiger partial charge in [0.2, 0.25) is 5.91 Å². The van der Waals surface area contributed by atoms with Crippen LogP contribution in [-0.2, 0) is 11.8 Å². The topological polar surface area (TPSA) is 73.2 Å². The Kier molecular flexibility index (Phi) is 5.66. The van der Waals surface area contributed by atoms with Crippen molar-refractivity contribution in [3.8, 4) is 5.75 Å². The van der Waals surface area contributed by atoms with Gasteiger partial charge in [0.15, 0.2) is 5.16 Å². The maximum atomic E-state index is 12.8. The number of hydrogen-bond acceptors (Lipinski definition) is 5. The van der Waals surface area contributed by atoms with Crippen molar-refractivity contribution in [1.29, 1.82) is 0 Å². The molecule has 1 aliphatic rings. The van der Waals surface area contributed by atoms with Gasteiger partial charge in [0, 0.05) is 30.7 Å². The molecule has 0 unspecified atom stereocenters. The number of hydrogen-bond donors (Lipinski definition) is 1. The summed E-state index contributed by atoms with van der Waals surface area (Å²) in [7, 11) is 1.83. The number of carbonyl (C=O) groups excluding carboxylic acids is 1. The van der Waals surface area contributed by atoms with E-state index in [4.69, 9.17) is 4.74 Å². The van der Waals surface area contributed by atoms with Gasteiger partial charge in [0.05, 0.1) is 12.2 Å². The van der Waals surface area contributed by atoms with Crippen molar-refractivity contribution in [3.63, 3.8) is 0 Å². The van der Waals surface area contributed by atoms with Crippen molar-refractivity contribution in [2.24, 2.45) is 7.05 Å². The van der Waals surface area contributed by atoms with Gasteiger partial charge in [-0.25, -0.2) is 0 Å². The standard InChI is InChI=1S/C19H23N3O3S/c1-4-10-26-19-21-18(24)16-13(11-15(23)20-17(16)22(19)3)12-8-6-7-9-14(12)25-5-2/h6-9,13H,4-5,10-11H2,1-3H3,(H,20,23)/t13-/m0/s1. The third-order valence-corrected chi connectivity index (χ3v) is 5.57. The van der Waals surface area contributed by atoms with Gasteiger partial charge < -0.3 is 14.6 Å². The van der Waals surface area contributed by atoms with Gasteiger partial charge in [-0.15, -0.1) is 0 Å². The Bertz CT molecular complexity index is 879. The maximum absolute atomic E-state index is 12.8. The highest BCUT2D eigenvalue weighted by molar-refractivity contribution is 7.99. The highest BCUT2D eigenvalue weighted by Crippen LogP contribution is 2.39. The van der Waals surface area contributed by atoms with Crippen LogP contribution in [0.2, 0.25) is 0 Å². The summed E-state index contributed by atoms with van der Waals surface area (Å²) < 4.78 is 7.53. The van der Waals surface area contributed by atoms with E-state index in [2.05, 4.69) is 17.2 Å². The van der Waals surface area contributed by atoms with Crippen LogP contribution in [-0.4, -0.2) is 27.8 Å². The highest BCUT2D eigenvalue weighted by Gasteiger charge is 2.33. The predicted octanol–water partition coefficient (Wildman–Crippen LogP) is 3.16. The summed E-state index contributed by atoms with van der Waals surface area (Å²) in [6.07, 6.45) is 1.18. The number of amides is 1. The number of carbonyl (C=O) groups is 1. The van der Waals surface area contributed by atoms with E-state index in [0.29, 0.717) is 28.9 Å². The molecule has 2 heterocycles. The van der Waals surface area contributed by atoms with Gasteiger partial charge >= 0.3 is 0 Å². The molecule has 0 saturated carbocycles. The van der Waals surface area contributed by atoms with Crippen LogP contribution in [0.3, 0.4) is 0 Å². The van der Waals surface area contributed by atoms with Gasteiger partial charge in [-0.1, -0.05) is 36.9 Å². The van der Waals surface area contributed by atoms with E-state index < -0.39 is 0 Å². The van der Waals surface area contributed by atoms with Gasteiger partial charge in [0.1, 0.15) is 11.6 Å². The van der Waals surface area contributed by atoms with Crippen LogP contribution < -0.4 is 15.6 Å². The van der Waals surface area contributed by atoms with E-state index >= 15 is 0 Å². The predicted molar refractivity (Wildman–Crippen MR) is 103 cm³/mol. The second-order valence-corrected chi connectivity index (χ2v) is 7.21. The number of para-hydroxylation sites is 1. The molecule has 1 aromatic carbocycles. The lowest BCUT2D eigenvalue weighted by molar-refractivity contribution is -0.116. The molecule has 1 N–H and O–H groups in total. The van der Waals surface area contributed by atoms with Crippen LogP contribution in [0.15, 0.2) is 34.2 Å². The lowest BCUT2D eigenvalue weighted by Gasteiger charge is -2.28. The average Bonchev–Trinajstić information content (AvgIpc) is 2.63. The first-order valence-electron chi connectivity index (χ1n) is 8.82. The zero-order valence-corrected chi connectivity index (χ0v) is 16.1. The molecule has 1 aromatic heterocycles. The first-order chi connectivity index (χ1) is 12.6. The molecular weight excluding hydrogens is 350 g/mol. The minimum absolute atomic E-state index is 0.110. The van der Waals surface area contributed by atoms with E-state index in [0.717, 1.165) is 17.7 Å². The molecule has 2 aromatic rings. The lowest BCUT2D eigenvalue weighted by atomic mass is 9.86. The Morgan fingerprint density at radius 2 is 2.08 bits per heavy atom. The van der Waals surface area contributed by atoms with Crippen molar-refractivity contribution in [2.45, 2.75) is 37.8 Å². The molecule has 1 atom stereocenters. The molecule has 0 spiro atoms. The van der Waals surface area contributed by atoms with Gasteiger partial charge in [-0.05, 0) is 19.4 Å². The number of rotatable bonds is 6. The second-order valence-electron chi connectivity index (χ2n) is 6.15. The summed E-state index contributed by atoms with van der Waals surface area (Å²) in [6.45, 7) is 4.51. The maximum Gasteiger partial charge on any atom is 0.279 e. The lowest BCUT2D eigenvalue weighted by Crippen LogP contribution is -2.33.